The maximum atomic E-state index is 14.1. The summed E-state index contributed by atoms with van der Waals surface area (Å²) in [6, 6.07) is 5.84. The number of methoxy groups -OCH3 is 2. The molecular weight excluding hydrogens is 666 g/mol. The van der Waals surface area contributed by atoms with E-state index in [9.17, 15) is 29.1 Å². The number of nitrogens with zero attached hydrogens (tertiary/aromatic N) is 2. The van der Waals surface area contributed by atoms with Gasteiger partial charge in [0.2, 0.25) is 23.6 Å². The van der Waals surface area contributed by atoms with Gasteiger partial charge in [0.1, 0.15) is 12.1 Å². The van der Waals surface area contributed by atoms with Crippen LogP contribution in [0.25, 0.3) is 0 Å². The SMILES string of the molecule is CC[C@H](C)[C@@H]([C@@H](CC(=O)N1CCC[C@H]1C(OC)C(C)C(=O)N[C@@H](Cc1ccccc1)C(=O)O)OC)N(C)C(=O)[C@@H](NC(=O)[C@@H](NC)C(C)C)C(C)C. The lowest BCUT2D eigenvalue weighted by Crippen LogP contribution is -2.59. The molecule has 2 rings (SSSR count). The molecule has 1 saturated heterocycles. The molecule has 294 valence electrons. The van der Waals surface area contributed by atoms with E-state index in [1.54, 1.807) is 30.8 Å². The topological polar surface area (TPSA) is 167 Å². The van der Waals surface area contributed by atoms with Crippen molar-refractivity contribution < 1.29 is 38.6 Å². The van der Waals surface area contributed by atoms with Gasteiger partial charge in [0.25, 0.3) is 0 Å². The highest BCUT2D eigenvalue weighted by Gasteiger charge is 2.43. The Kier molecular flexibility index (Phi) is 18.2. The van der Waals surface area contributed by atoms with Crippen molar-refractivity contribution in [1.82, 2.24) is 25.8 Å². The fourth-order valence-corrected chi connectivity index (χ4v) is 7.40. The molecule has 1 aromatic rings. The Morgan fingerprint density at radius 3 is 2.04 bits per heavy atom. The zero-order valence-electron chi connectivity index (χ0n) is 33.2. The van der Waals surface area contributed by atoms with Gasteiger partial charge in [-0.3, -0.25) is 19.2 Å². The third-order valence-electron chi connectivity index (χ3n) is 10.6. The summed E-state index contributed by atoms with van der Waals surface area (Å²) in [5.41, 5.74) is 0.785. The standard InChI is InChI=1S/C39H65N5O8/c1-12-25(6)34(43(9)38(48)33(24(4)5)42-37(47)32(40-8)23(2)3)30(51-10)22-31(45)44-20-16-19-29(44)35(52-11)26(7)36(46)41-28(39(49)50)21-27-17-14-13-15-18-27/h13-15,17-18,23-26,28-30,32-35,40H,12,16,19-22H2,1-11H3,(H,41,46)(H,42,47)(H,49,50)/t25-,26?,28-,29-,30+,32-,33-,34-,35?/m0/s1. The highest BCUT2D eigenvalue weighted by molar-refractivity contribution is 5.90. The van der Waals surface area contributed by atoms with Gasteiger partial charge in [0.05, 0.1) is 42.7 Å². The molecule has 0 bridgehead atoms. The van der Waals surface area contributed by atoms with E-state index in [1.165, 1.54) is 14.2 Å². The summed E-state index contributed by atoms with van der Waals surface area (Å²) in [6.45, 7) is 13.9. The monoisotopic (exact) mass is 731 g/mol. The van der Waals surface area contributed by atoms with E-state index >= 15 is 0 Å². The molecule has 1 aromatic carbocycles. The van der Waals surface area contributed by atoms with Crippen LogP contribution in [-0.4, -0.2) is 122 Å². The van der Waals surface area contributed by atoms with E-state index in [1.807, 2.05) is 71.9 Å². The summed E-state index contributed by atoms with van der Waals surface area (Å²) < 4.78 is 11.8. The number of likely N-dealkylation sites (N-methyl/N-ethyl adjacent to an activating group) is 2. The van der Waals surface area contributed by atoms with E-state index in [2.05, 4.69) is 16.0 Å². The highest BCUT2D eigenvalue weighted by atomic mass is 16.5. The zero-order valence-corrected chi connectivity index (χ0v) is 33.2. The Morgan fingerprint density at radius 2 is 1.54 bits per heavy atom. The second-order valence-electron chi connectivity index (χ2n) is 14.9. The first-order valence-corrected chi connectivity index (χ1v) is 18.7. The van der Waals surface area contributed by atoms with E-state index in [0.29, 0.717) is 19.4 Å². The zero-order chi connectivity index (χ0) is 39.3. The van der Waals surface area contributed by atoms with Crippen LogP contribution >= 0.6 is 0 Å². The fraction of sp³-hybridized carbons (Fsp3) is 0.718. The molecule has 0 saturated carbocycles. The minimum atomic E-state index is -1.14. The van der Waals surface area contributed by atoms with Crippen molar-refractivity contribution in [3.63, 3.8) is 0 Å². The minimum Gasteiger partial charge on any atom is -0.480 e. The quantitative estimate of drug-likeness (QED) is 0.149. The van der Waals surface area contributed by atoms with Crippen LogP contribution in [0.5, 0.6) is 0 Å². The number of carbonyl (C=O) groups excluding carboxylic acids is 4. The van der Waals surface area contributed by atoms with Gasteiger partial charge in [-0.25, -0.2) is 4.79 Å². The summed E-state index contributed by atoms with van der Waals surface area (Å²) in [7, 11) is 6.46. The van der Waals surface area contributed by atoms with E-state index in [4.69, 9.17) is 9.47 Å². The number of ether oxygens (including phenoxy) is 2. The molecule has 0 spiro atoms. The Balaban J connectivity index is 2.26. The van der Waals surface area contributed by atoms with E-state index in [-0.39, 0.29) is 48.3 Å². The summed E-state index contributed by atoms with van der Waals surface area (Å²) in [4.78, 5) is 70.3. The predicted octanol–water partition coefficient (Wildman–Crippen LogP) is 3.10. The van der Waals surface area contributed by atoms with Gasteiger partial charge in [-0.15, -0.1) is 0 Å². The van der Waals surface area contributed by atoms with Crippen molar-refractivity contribution in [1.29, 1.82) is 0 Å². The normalized spacial score (nSPS) is 19.2. The van der Waals surface area contributed by atoms with Gasteiger partial charge >= 0.3 is 5.97 Å². The molecular formula is C39H65N5O8. The van der Waals surface area contributed by atoms with Crippen LogP contribution in [0.4, 0.5) is 0 Å². The van der Waals surface area contributed by atoms with Crippen molar-refractivity contribution in [3.05, 3.63) is 35.9 Å². The van der Waals surface area contributed by atoms with Gasteiger partial charge < -0.3 is 40.3 Å². The minimum absolute atomic E-state index is 0.0112. The van der Waals surface area contributed by atoms with Gasteiger partial charge in [-0.05, 0) is 43.2 Å². The molecule has 0 radical (unpaired) electrons. The van der Waals surface area contributed by atoms with Crippen molar-refractivity contribution in [3.8, 4) is 0 Å². The number of hydrogen-bond acceptors (Lipinski definition) is 8. The smallest absolute Gasteiger partial charge is 0.326 e. The van der Waals surface area contributed by atoms with Crippen molar-refractivity contribution in [2.24, 2.45) is 23.7 Å². The van der Waals surface area contributed by atoms with Crippen LogP contribution in [-0.2, 0) is 39.9 Å². The molecule has 0 aliphatic carbocycles. The number of carboxylic acid groups (broad SMARTS) is 1. The van der Waals surface area contributed by atoms with Gasteiger partial charge in [-0.1, -0.05) is 85.2 Å². The molecule has 13 nitrogen and oxygen atoms in total. The second kappa shape index (κ2) is 21.2. The Labute approximate surface area is 310 Å². The predicted molar refractivity (Wildman–Crippen MR) is 200 cm³/mol. The number of amides is 4. The number of likely N-dealkylation sites (tertiary alicyclic amines) is 1. The number of carboxylic acids is 1. The van der Waals surface area contributed by atoms with E-state index < -0.39 is 60.2 Å². The van der Waals surface area contributed by atoms with Gasteiger partial charge in [0, 0.05) is 34.2 Å². The first-order valence-electron chi connectivity index (χ1n) is 18.7. The number of nitrogens with one attached hydrogen (secondary N) is 3. The summed E-state index contributed by atoms with van der Waals surface area (Å²) >= 11 is 0. The maximum absolute atomic E-state index is 14.1. The lowest BCUT2D eigenvalue weighted by molar-refractivity contribution is -0.148. The van der Waals surface area contributed by atoms with Crippen LogP contribution in [0.3, 0.4) is 0 Å². The van der Waals surface area contributed by atoms with Gasteiger partial charge in [-0.2, -0.15) is 0 Å². The summed E-state index contributed by atoms with van der Waals surface area (Å²) in [5, 5.41) is 18.5. The summed E-state index contributed by atoms with van der Waals surface area (Å²) in [5.74, 6) is -3.27. The largest absolute Gasteiger partial charge is 0.480 e. The molecule has 1 fully saturated rings. The average Bonchev–Trinajstić information content (AvgIpc) is 3.59. The van der Waals surface area contributed by atoms with Crippen LogP contribution in [0.1, 0.15) is 79.7 Å². The van der Waals surface area contributed by atoms with Crippen LogP contribution in [0.15, 0.2) is 30.3 Å². The fourth-order valence-electron chi connectivity index (χ4n) is 7.40. The molecule has 9 atom stereocenters. The maximum Gasteiger partial charge on any atom is 0.326 e. The molecule has 2 unspecified atom stereocenters. The third-order valence-corrected chi connectivity index (χ3v) is 10.6. The van der Waals surface area contributed by atoms with Crippen LogP contribution in [0, 0.1) is 23.7 Å². The number of carbonyl (C=O) groups is 5. The molecule has 0 aromatic heterocycles. The molecule has 1 aliphatic heterocycles. The third kappa shape index (κ3) is 11.7. The Morgan fingerprint density at radius 1 is 0.923 bits per heavy atom. The highest BCUT2D eigenvalue weighted by Crippen LogP contribution is 2.29. The first kappa shape index (κ1) is 44.6. The second-order valence-corrected chi connectivity index (χ2v) is 14.9. The molecule has 1 aliphatic rings. The van der Waals surface area contributed by atoms with E-state index in [0.717, 1.165) is 12.0 Å². The lowest BCUT2D eigenvalue weighted by atomic mass is 9.89. The van der Waals surface area contributed by atoms with Crippen molar-refractivity contribution in [2.75, 3.05) is 34.9 Å². The number of aliphatic carboxylic acids is 1. The van der Waals surface area contributed by atoms with Crippen molar-refractivity contribution >= 4 is 29.6 Å². The Hall–Kier alpha value is -3.55. The molecule has 52 heavy (non-hydrogen) atoms. The number of rotatable bonds is 21. The molecule has 4 N–H and O–H groups in total. The van der Waals surface area contributed by atoms with Gasteiger partial charge in [0.15, 0.2) is 0 Å². The molecule has 4 amide bonds. The lowest BCUT2D eigenvalue weighted by Gasteiger charge is -2.41. The van der Waals surface area contributed by atoms with Crippen LogP contribution < -0.4 is 16.0 Å². The molecule has 13 heteroatoms. The first-order chi connectivity index (χ1) is 24.5. The molecule has 1 heterocycles. The van der Waals surface area contributed by atoms with Crippen molar-refractivity contribution in [2.45, 2.75) is 123 Å². The number of benzene rings is 1. The van der Waals surface area contributed by atoms with Crippen LogP contribution in [0.2, 0.25) is 0 Å². The average molecular weight is 732 g/mol. The number of hydrogen-bond donors (Lipinski definition) is 4. The summed E-state index contributed by atoms with van der Waals surface area (Å²) in [6.07, 6.45) is 0.818. The Bertz CT molecular complexity index is 1310.